The molecule has 0 radical (unpaired) electrons. The van der Waals surface area contributed by atoms with Gasteiger partial charge in [-0.25, -0.2) is 4.98 Å². The maximum absolute atomic E-state index is 6.25. The molecule has 1 saturated carbocycles. The number of rotatable bonds is 6. The summed E-state index contributed by atoms with van der Waals surface area (Å²) in [7, 11) is 0. The number of imidazole rings is 1. The number of piperidine rings is 1. The SMILES string of the molecule is CCCCc1nc(Cl)c(CN2CC3CC3(CC)C2)[nH]1. The van der Waals surface area contributed by atoms with Crippen molar-refractivity contribution in [1.82, 2.24) is 14.9 Å². The van der Waals surface area contributed by atoms with Crippen LogP contribution in [-0.4, -0.2) is 28.0 Å². The molecule has 1 aliphatic carbocycles. The molecule has 0 amide bonds. The van der Waals surface area contributed by atoms with Crippen molar-refractivity contribution in [3.63, 3.8) is 0 Å². The molecule has 2 atom stereocenters. The summed E-state index contributed by atoms with van der Waals surface area (Å²) in [6.07, 6.45) is 6.15. The van der Waals surface area contributed by atoms with E-state index in [-0.39, 0.29) is 0 Å². The minimum Gasteiger partial charge on any atom is -0.344 e. The lowest BCUT2D eigenvalue weighted by molar-refractivity contribution is 0.267. The fourth-order valence-corrected chi connectivity index (χ4v) is 3.81. The normalized spacial score (nSPS) is 29.7. The maximum atomic E-state index is 6.25. The monoisotopic (exact) mass is 281 g/mol. The Morgan fingerprint density at radius 1 is 1.47 bits per heavy atom. The van der Waals surface area contributed by atoms with Gasteiger partial charge in [0.15, 0.2) is 5.15 Å². The van der Waals surface area contributed by atoms with Crippen LogP contribution in [0.2, 0.25) is 5.15 Å². The van der Waals surface area contributed by atoms with Crippen LogP contribution in [-0.2, 0) is 13.0 Å². The van der Waals surface area contributed by atoms with Gasteiger partial charge in [-0.15, -0.1) is 0 Å². The highest BCUT2D eigenvalue weighted by Gasteiger charge is 2.58. The summed E-state index contributed by atoms with van der Waals surface area (Å²) in [5.74, 6) is 2.00. The van der Waals surface area contributed by atoms with Crippen LogP contribution in [0.5, 0.6) is 0 Å². The van der Waals surface area contributed by atoms with Crippen molar-refractivity contribution in [2.45, 2.75) is 52.5 Å². The number of aromatic nitrogens is 2. The molecule has 4 heteroatoms. The van der Waals surface area contributed by atoms with Gasteiger partial charge in [0.2, 0.25) is 0 Å². The van der Waals surface area contributed by atoms with E-state index in [4.69, 9.17) is 11.6 Å². The van der Waals surface area contributed by atoms with Crippen molar-refractivity contribution in [1.29, 1.82) is 0 Å². The summed E-state index contributed by atoms with van der Waals surface area (Å²) < 4.78 is 0. The zero-order chi connectivity index (χ0) is 13.5. The van der Waals surface area contributed by atoms with Gasteiger partial charge in [-0.05, 0) is 30.6 Å². The van der Waals surface area contributed by atoms with Crippen LogP contribution in [0.3, 0.4) is 0 Å². The summed E-state index contributed by atoms with van der Waals surface area (Å²) in [6, 6.07) is 0. The molecule has 106 valence electrons. The molecular weight excluding hydrogens is 258 g/mol. The van der Waals surface area contributed by atoms with Crippen LogP contribution < -0.4 is 0 Å². The van der Waals surface area contributed by atoms with Gasteiger partial charge in [-0.3, -0.25) is 4.90 Å². The number of halogens is 1. The quantitative estimate of drug-likeness (QED) is 0.863. The predicted molar refractivity (Wildman–Crippen MR) is 78.3 cm³/mol. The Kier molecular flexibility index (Phi) is 3.61. The Labute approximate surface area is 120 Å². The van der Waals surface area contributed by atoms with Gasteiger partial charge in [0.25, 0.3) is 0 Å². The largest absolute Gasteiger partial charge is 0.344 e. The zero-order valence-corrected chi connectivity index (χ0v) is 12.8. The molecule has 1 saturated heterocycles. The molecule has 2 aliphatic rings. The number of aryl methyl sites for hydroxylation is 1. The standard InChI is InChI=1S/C15H24ClN3/c1-3-5-6-13-17-12(14(16)18-13)9-19-8-11-7-15(11,4-2)10-19/h11H,3-10H2,1-2H3,(H,17,18). The topological polar surface area (TPSA) is 31.9 Å². The Morgan fingerprint density at radius 2 is 2.32 bits per heavy atom. The van der Waals surface area contributed by atoms with E-state index in [1.54, 1.807) is 0 Å². The Bertz CT molecular complexity index is 452. The number of likely N-dealkylation sites (tertiary alicyclic amines) is 1. The maximum Gasteiger partial charge on any atom is 0.151 e. The molecule has 0 bridgehead atoms. The first-order valence-electron chi connectivity index (χ1n) is 7.62. The van der Waals surface area contributed by atoms with Crippen LogP contribution in [0.15, 0.2) is 0 Å². The average molecular weight is 282 g/mol. The molecule has 1 aromatic rings. The Morgan fingerprint density at radius 3 is 3.00 bits per heavy atom. The number of fused-ring (bicyclic) bond motifs is 1. The van der Waals surface area contributed by atoms with Gasteiger partial charge in [0.1, 0.15) is 5.82 Å². The van der Waals surface area contributed by atoms with E-state index < -0.39 is 0 Å². The van der Waals surface area contributed by atoms with E-state index in [1.807, 2.05) is 0 Å². The highest BCUT2D eigenvalue weighted by atomic mass is 35.5. The van der Waals surface area contributed by atoms with Gasteiger partial charge in [-0.1, -0.05) is 31.9 Å². The molecule has 0 spiro atoms. The minimum atomic E-state index is 0.650. The Balaban J connectivity index is 1.60. The molecular formula is C15H24ClN3. The van der Waals surface area contributed by atoms with Gasteiger partial charge in [0.05, 0.1) is 5.69 Å². The summed E-state index contributed by atoms with van der Waals surface area (Å²) in [5, 5.41) is 0.678. The predicted octanol–water partition coefficient (Wildman–Crippen LogP) is 3.64. The first-order valence-corrected chi connectivity index (χ1v) is 8.00. The molecule has 19 heavy (non-hydrogen) atoms. The molecule has 2 unspecified atom stereocenters. The second-order valence-electron chi connectivity index (χ2n) is 6.34. The second-order valence-corrected chi connectivity index (χ2v) is 6.70. The van der Waals surface area contributed by atoms with Crippen molar-refractivity contribution < 1.29 is 0 Å². The summed E-state index contributed by atoms with van der Waals surface area (Å²) in [5.41, 5.74) is 1.76. The van der Waals surface area contributed by atoms with Crippen LogP contribution in [0.4, 0.5) is 0 Å². The van der Waals surface area contributed by atoms with Gasteiger partial charge < -0.3 is 4.98 Å². The number of nitrogens with one attached hydrogen (secondary N) is 1. The second kappa shape index (κ2) is 5.10. The molecule has 3 rings (SSSR count). The molecule has 1 N–H and O–H groups in total. The van der Waals surface area contributed by atoms with Crippen LogP contribution >= 0.6 is 11.6 Å². The van der Waals surface area contributed by atoms with Crippen molar-refractivity contribution in [2.24, 2.45) is 11.3 Å². The molecule has 1 aliphatic heterocycles. The van der Waals surface area contributed by atoms with Gasteiger partial charge >= 0.3 is 0 Å². The third kappa shape index (κ3) is 2.55. The summed E-state index contributed by atoms with van der Waals surface area (Å²) in [6.45, 7) is 7.96. The van der Waals surface area contributed by atoms with Crippen LogP contribution in [0.25, 0.3) is 0 Å². The van der Waals surface area contributed by atoms with Gasteiger partial charge in [-0.2, -0.15) is 0 Å². The van der Waals surface area contributed by atoms with E-state index in [0.717, 1.165) is 30.4 Å². The molecule has 2 heterocycles. The minimum absolute atomic E-state index is 0.650. The lowest BCUT2D eigenvalue weighted by Crippen LogP contribution is -2.24. The van der Waals surface area contributed by atoms with Crippen LogP contribution in [0.1, 0.15) is 51.0 Å². The van der Waals surface area contributed by atoms with Crippen molar-refractivity contribution in [2.75, 3.05) is 13.1 Å². The zero-order valence-electron chi connectivity index (χ0n) is 12.0. The van der Waals surface area contributed by atoms with Crippen LogP contribution in [0, 0.1) is 11.3 Å². The molecule has 1 aromatic heterocycles. The third-order valence-corrected chi connectivity index (χ3v) is 5.32. The summed E-state index contributed by atoms with van der Waals surface area (Å²) >= 11 is 6.25. The van der Waals surface area contributed by atoms with Crippen molar-refractivity contribution in [3.05, 3.63) is 16.7 Å². The number of nitrogens with zero attached hydrogens (tertiary/aromatic N) is 2. The summed E-state index contributed by atoms with van der Waals surface area (Å²) in [4.78, 5) is 10.4. The van der Waals surface area contributed by atoms with E-state index in [2.05, 4.69) is 28.7 Å². The highest BCUT2D eigenvalue weighted by Crippen LogP contribution is 2.60. The first-order chi connectivity index (χ1) is 9.16. The number of unbranched alkanes of at least 4 members (excludes halogenated alkanes) is 1. The number of aromatic amines is 1. The molecule has 2 fully saturated rings. The van der Waals surface area contributed by atoms with Gasteiger partial charge in [0, 0.05) is 26.1 Å². The Hall–Kier alpha value is -0.540. The van der Waals surface area contributed by atoms with E-state index in [0.29, 0.717) is 10.6 Å². The smallest absolute Gasteiger partial charge is 0.151 e. The average Bonchev–Trinajstić information content (AvgIpc) is 2.79. The number of hydrogen-bond acceptors (Lipinski definition) is 2. The highest BCUT2D eigenvalue weighted by molar-refractivity contribution is 6.30. The van der Waals surface area contributed by atoms with E-state index >= 15 is 0 Å². The number of H-pyrrole nitrogens is 1. The fourth-order valence-electron chi connectivity index (χ4n) is 3.60. The van der Waals surface area contributed by atoms with Crippen molar-refractivity contribution >= 4 is 11.6 Å². The van der Waals surface area contributed by atoms with E-state index in [9.17, 15) is 0 Å². The molecule has 0 aromatic carbocycles. The third-order valence-electron chi connectivity index (χ3n) is 5.01. The lowest BCUT2D eigenvalue weighted by atomic mass is 10.0. The fraction of sp³-hybridized carbons (Fsp3) is 0.800. The lowest BCUT2D eigenvalue weighted by Gasteiger charge is -2.19. The van der Waals surface area contributed by atoms with Crippen molar-refractivity contribution in [3.8, 4) is 0 Å². The van der Waals surface area contributed by atoms with E-state index in [1.165, 1.54) is 38.8 Å². The number of hydrogen-bond donors (Lipinski definition) is 1. The molecule has 3 nitrogen and oxygen atoms in total. The first kappa shape index (κ1) is 13.4.